The van der Waals surface area contributed by atoms with Crippen LogP contribution in [0, 0.1) is 0 Å². The summed E-state index contributed by atoms with van der Waals surface area (Å²) in [5, 5.41) is 0. The Bertz CT molecular complexity index is 1130. The number of hydrogen-bond acceptors (Lipinski definition) is 5. The van der Waals surface area contributed by atoms with Crippen LogP contribution in [0.4, 0.5) is 14.6 Å². The summed E-state index contributed by atoms with van der Waals surface area (Å²) in [6.07, 6.45) is 1.82. The van der Waals surface area contributed by atoms with Gasteiger partial charge in [-0.3, -0.25) is 0 Å². The van der Waals surface area contributed by atoms with E-state index in [1.165, 1.54) is 0 Å². The topological polar surface area (TPSA) is 79.0 Å². The molecule has 0 radical (unpaired) electrons. The van der Waals surface area contributed by atoms with E-state index >= 15 is 0 Å². The van der Waals surface area contributed by atoms with Crippen LogP contribution in [0.1, 0.15) is 26.2 Å². The number of piperidine rings is 1. The average Bonchev–Trinajstić information content (AvgIpc) is 3.11. The maximum absolute atomic E-state index is 13.4. The lowest BCUT2D eigenvalue weighted by Gasteiger charge is -2.32. The van der Waals surface area contributed by atoms with Gasteiger partial charge in [-0.15, -0.1) is 0 Å². The molecule has 29 heavy (non-hydrogen) atoms. The molecule has 0 spiro atoms. The Morgan fingerprint density at radius 1 is 1.17 bits per heavy atom. The van der Waals surface area contributed by atoms with Crippen molar-refractivity contribution in [2.75, 3.05) is 23.7 Å². The minimum atomic E-state index is -3.31. The molecule has 0 saturated carbocycles. The van der Waals surface area contributed by atoms with Crippen LogP contribution in [0.5, 0.6) is 0 Å². The zero-order valence-electron chi connectivity index (χ0n) is 16.0. The number of alkyl halides is 2. The summed E-state index contributed by atoms with van der Waals surface area (Å²) in [6, 6.07) is 8.46. The number of halogens is 2. The van der Waals surface area contributed by atoms with Crippen molar-refractivity contribution in [3.8, 4) is 11.4 Å². The van der Waals surface area contributed by atoms with Crippen LogP contribution in [0.2, 0.25) is 0 Å². The number of anilines is 1. The highest BCUT2D eigenvalue weighted by atomic mass is 32.2. The molecule has 3 heterocycles. The van der Waals surface area contributed by atoms with Gasteiger partial charge in [0.2, 0.25) is 0 Å². The minimum absolute atomic E-state index is 0.0993. The molecule has 0 bridgehead atoms. The van der Waals surface area contributed by atoms with E-state index in [-0.39, 0.29) is 36.6 Å². The van der Waals surface area contributed by atoms with Crippen molar-refractivity contribution in [3.63, 3.8) is 0 Å². The number of hydrogen-bond donors (Lipinski definition) is 1. The number of sulfone groups is 1. The fraction of sp³-hybridized carbons (Fsp3) is 0.400. The number of nitrogens with zero attached hydrogens (tertiary/aromatic N) is 3. The van der Waals surface area contributed by atoms with Crippen LogP contribution in [-0.4, -0.2) is 48.1 Å². The van der Waals surface area contributed by atoms with Gasteiger partial charge in [-0.25, -0.2) is 27.2 Å². The number of H-pyrrole nitrogens is 1. The molecule has 154 valence electrons. The zero-order chi connectivity index (χ0) is 20.6. The number of nitrogens with one attached hydrogen (secondary N) is 1. The average molecular weight is 420 g/mol. The Kier molecular flexibility index (Phi) is 5.02. The van der Waals surface area contributed by atoms with Crippen molar-refractivity contribution in [1.29, 1.82) is 0 Å². The molecule has 0 aliphatic carbocycles. The lowest BCUT2D eigenvalue weighted by molar-refractivity contribution is -0.0221. The summed E-state index contributed by atoms with van der Waals surface area (Å²) in [4.78, 5) is 14.1. The van der Waals surface area contributed by atoms with E-state index in [0.717, 1.165) is 5.56 Å². The van der Waals surface area contributed by atoms with Gasteiger partial charge < -0.3 is 9.88 Å². The summed E-state index contributed by atoms with van der Waals surface area (Å²) in [6.45, 7) is 2.33. The molecule has 3 aromatic rings. The van der Waals surface area contributed by atoms with Crippen LogP contribution in [-0.2, 0) is 9.84 Å². The third kappa shape index (κ3) is 4.10. The van der Waals surface area contributed by atoms with Gasteiger partial charge in [0, 0.05) is 37.7 Å². The van der Waals surface area contributed by atoms with E-state index in [4.69, 9.17) is 0 Å². The van der Waals surface area contributed by atoms with E-state index < -0.39 is 15.8 Å². The Morgan fingerprint density at radius 3 is 2.66 bits per heavy atom. The molecule has 2 aromatic heterocycles. The standard InChI is InChI=1S/C20H22F2N4O2S/c1-2-11-29(27,28)15-3-4-16-17(13-15)25-19(24-16)14-5-8-23-18(12-14)26-9-6-20(21,22)7-10-26/h3-5,8,12-13H,2,6-7,9-11H2,1H3,(H,24,25). The zero-order valence-corrected chi connectivity index (χ0v) is 16.8. The van der Waals surface area contributed by atoms with Crippen molar-refractivity contribution in [1.82, 2.24) is 15.0 Å². The lowest BCUT2D eigenvalue weighted by Crippen LogP contribution is -2.39. The van der Waals surface area contributed by atoms with E-state index in [2.05, 4.69) is 15.0 Å². The summed E-state index contributed by atoms with van der Waals surface area (Å²) < 4.78 is 51.5. The molecule has 0 atom stereocenters. The second-order valence-electron chi connectivity index (χ2n) is 7.33. The number of rotatable bonds is 5. The maximum atomic E-state index is 13.4. The van der Waals surface area contributed by atoms with E-state index in [0.29, 0.717) is 29.1 Å². The molecule has 1 fully saturated rings. The highest BCUT2D eigenvalue weighted by molar-refractivity contribution is 7.91. The fourth-order valence-electron chi connectivity index (χ4n) is 3.51. The van der Waals surface area contributed by atoms with Gasteiger partial charge in [0.25, 0.3) is 5.92 Å². The fourth-order valence-corrected chi connectivity index (χ4v) is 4.85. The van der Waals surface area contributed by atoms with Gasteiger partial charge in [-0.05, 0) is 36.8 Å². The van der Waals surface area contributed by atoms with E-state index in [9.17, 15) is 17.2 Å². The first kappa shape index (κ1) is 19.8. The smallest absolute Gasteiger partial charge is 0.251 e. The van der Waals surface area contributed by atoms with Crippen LogP contribution >= 0.6 is 0 Å². The number of aromatic nitrogens is 3. The largest absolute Gasteiger partial charge is 0.356 e. The molecule has 1 N–H and O–H groups in total. The SMILES string of the molecule is CCCS(=O)(=O)c1ccc2nc(-c3ccnc(N4CCC(F)(F)CC4)c3)[nH]c2c1. The van der Waals surface area contributed by atoms with Crippen molar-refractivity contribution < 1.29 is 17.2 Å². The molecule has 1 aliphatic rings. The number of pyridine rings is 1. The van der Waals surface area contributed by atoms with Crippen LogP contribution in [0.15, 0.2) is 41.4 Å². The van der Waals surface area contributed by atoms with Crippen LogP contribution in [0.3, 0.4) is 0 Å². The third-order valence-corrected chi connectivity index (χ3v) is 7.04. The summed E-state index contributed by atoms with van der Waals surface area (Å²) >= 11 is 0. The Balaban J connectivity index is 1.63. The first-order chi connectivity index (χ1) is 13.8. The molecule has 1 saturated heterocycles. The highest BCUT2D eigenvalue weighted by Gasteiger charge is 2.34. The second kappa shape index (κ2) is 7.37. The van der Waals surface area contributed by atoms with E-state index in [1.54, 1.807) is 30.5 Å². The number of benzene rings is 1. The molecular weight excluding hydrogens is 398 g/mol. The summed E-state index contributed by atoms with van der Waals surface area (Å²) in [7, 11) is -3.31. The molecule has 4 rings (SSSR count). The third-order valence-electron chi connectivity index (χ3n) is 5.12. The molecule has 0 unspecified atom stereocenters. The van der Waals surface area contributed by atoms with Gasteiger partial charge in [0.1, 0.15) is 11.6 Å². The van der Waals surface area contributed by atoms with Gasteiger partial charge in [-0.2, -0.15) is 0 Å². The molecular formula is C20H22F2N4O2S. The maximum Gasteiger partial charge on any atom is 0.251 e. The highest BCUT2D eigenvalue weighted by Crippen LogP contribution is 2.31. The van der Waals surface area contributed by atoms with Gasteiger partial charge in [0.05, 0.1) is 21.7 Å². The first-order valence-electron chi connectivity index (χ1n) is 9.59. The number of aromatic amines is 1. The monoisotopic (exact) mass is 420 g/mol. The predicted molar refractivity (Wildman–Crippen MR) is 108 cm³/mol. The molecule has 1 aromatic carbocycles. The molecule has 0 amide bonds. The van der Waals surface area contributed by atoms with Crippen molar-refractivity contribution >= 4 is 26.7 Å². The quantitative estimate of drug-likeness (QED) is 0.674. The first-order valence-corrected chi connectivity index (χ1v) is 11.2. The Morgan fingerprint density at radius 2 is 1.93 bits per heavy atom. The van der Waals surface area contributed by atoms with Gasteiger partial charge in [0.15, 0.2) is 9.84 Å². The van der Waals surface area contributed by atoms with Crippen LogP contribution in [0.25, 0.3) is 22.4 Å². The predicted octanol–water partition coefficient (Wildman–Crippen LogP) is 4.04. The van der Waals surface area contributed by atoms with Crippen molar-refractivity contribution in [2.45, 2.75) is 37.0 Å². The van der Waals surface area contributed by atoms with Gasteiger partial charge >= 0.3 is 0 Å². The molecule has 1 aliphatic heterocycles. The Labute approximate surface area is 167 Å². The summed E-state index contributed by atoms with van der Waals surface area (Å²) in [5.41, 5.74) is 2.06. The molecule has 6 nitrogen and oxygen atoms in total. The Hall–Kier alpha value is -2.55. The summed E-state index contributed by atoms with van der Waals surface area (Å²) in [5.74, 6) is -1.30. The van der Waals surface area contributed by atoms with Crippen molar-refractivity contribution in [2.24, 2.45) is 0 Å². The van der Waals surface area contributed by atoms with E-state index in [1.807, 2.05) is 17.9 Å². The number of imidazole rings is 1. The van der Waals surface area contributed by atoms with Crippen LogP contribution < -0.4 is 4.90 Å². The number of fused-ring (bicyclic) bond motifs is 1. The molecule has 9 heteroatoms. The minimum Gasteiger partial charge on any atom is -0.356 e. The second-order valence-corrected chi connectivity index (χ2v) is 9.44. The van der Waals surface area contributed by atoms with Crippen molar-refractivity contribution in [3.05, 3.63) is 36.5 Å². The normalized spacial score (nSPS) is 17.0. The lowest BCUT2D eigenvalue weighted by atomic mass is 10.1. The van der Waals surface area contributed by atoms with Gasteiger partial charge in [-0.1, -0.05) is 6.92 Å².